The van der Waals surface area contributed by atoms with Crippen LogP contribution in [0.2, 0.25) is 0 Å². The molecule has 0 radical (unpaired) electrons. The highest BCUT2D eigenvalue weighted by Gasteiger charge is 2.17. The van der Waals surface area contributed by atoms with E-state index in [1.807, 2.05) is 0 Å². The molecule has 0 heterocycles. The summed E-state index contributed by atoms with van der Waals surface area (Å²) in [5.41, 5.74) is 0.377. The number of rotatable bonds is 13. The van der Waals surface area contributed by atoms with Crippen LogP contribution in [0.4, 0.5) is 0 Å². The molecule has 0 aliphatic rings. The average molecular weight is 302 g/mol. The van der Waals surface area contributed by atoms with Crippen molar-refractivity contribution in [2.75, 3.05) is 39.6 Å². The molecule has 0 aromatic heterocycles. The van der Waals surface area contributed by atoms with Gasteiger partial charge < -0.3 is 23.7 Å². The number of hydrogen-bond donors (Lipinski definition) is 0. The second kappa shape index (κ2) is 11.3. The first-order valence-corrected chi connectivity index (χ1v) is 6.80. The molecule has 0 fully saturated rings. The van der Waals surface area contributed by atoms with Gasteiger partial charge in [0.2, 0.25) is 5.79 Å². The minimum absolute atomic E-state index is 0.210. The molecule has 21 heavy (non-hydrogen) atoms. The molecule has 6 heteroatoms. The molecule has 0 aromatic rings. The van der Waals surface area contributed by atoms with Gasteiger partial charge in [-0.25, -0.2) is 4.79 Å². The van der Waals surface area contributed by atoms with Crippen LogP contribution in [0, 0.1) is 0 Å². The van der Waals surface area contributed by atoms with Gasteiger partial charge in [0, 0.05) is 19.4 Å². The Morgan fingerprint density at radius 3 is 2.10 bits per heavy atom. The van der Waals surface area contributed by atoms with E-state index in [0.717, 1.165) is 0 Å². The third kappa shape index (κ3) is 12.1. The summed E-state index contributed by atoms with van der Waals surface area (Å²) < 4.78 is 26.0. The van der Waals surface area contributed by atoms with E-state index in [-0.39, 0.29) is 6.61 Å². The fraction of sp³-hybridized carbons (Fsp3) is 0.667. The van der Waals surface area contributed by atoms with Gasteiger partial charge in [0.15, 0.2) is 0 Å². The lowest BCUT2D eigenvalue weighted by Gasteiger charge is -2.24. The Labute approximate surface area is 126 Å². The van der Waals surface area contributed by atoms with E-state index in [1.165, 1.54) is 6.26 Å². The Balaban J connectivity index is 3.32. The third-order valence-electron chi connectivity index (χ3n) is 2.23. The first-order chi connectivity index (χ1) is 9.89. The predicted octanol–water partition coefficient (Wildman–Crippen LogP) is 2.05. The summed E-state index contributed by atoms with van der Waals surface area (Å²) in [4.78, 5) is 11.0. The number of esters is 1. The second-order valence-electron chi connectivity index (χ2n) is 4.67. The minimum Gasteiger partial charge on any atom is -0.471 e. The largest absolute Gasteiger partial charge is 0.471 e. The first kappa shape index (κ1) is 19.6. The molecule has 0 spiro atoms. The molecular formula is C15H26O6. The molecule has 6 nitrogen and oxygen atoms in total. The summed E-state index contributed by atoms with van der Waals surface area (Å²) in [6.45, 7) is 14.4. The monoisotopic (exact) mass is 302 g/mol. The van der Waals surface area contributed by atoms with Crippen LogP contribution in [0.15, 0.2) is 25.0 Å². The van der Waals surface area contributed by atoms with Crippen molar-refractivity contribution in [2.45, 2.75) is 26.6 Å². The lowest BCUT2D eigenvalue weighted by Crippen LogP contribution is -2.28. The Bertz CT molecular complexity index is 324. The van der Waals surface area contributed by atoms with Crippen molar-refractivity contribution in [2.24, 2.45) is 0 Å². The topological polar surface area (TPSA) is 63.2 Å². The molecule has 0 aliphatic heterocycles. The Kier molecular flexibility index (Phi) is 10.6. The van der Waals surface area contributed by atoms with Crippen LogP contribution >= 0.6 is 0 Å². The van der Waals surface area contributed by atoms with Crippen molar-refractivity contribution in [3.63, 3.8) is 0 Å². The fourth-order valence-electron chi connectivity index (χ4n) is 1.22. The smallest absolute Gasteiger partial charge is 0.333 e. The van der Waals surface area contributed by atoms with E-state index in [0.29, 0.717) is 38.6 Å². The van der Waals surface area contributed by atoms with Crippen LogP contribution in [0.5, 0.6) is 0 Å². The number of carbonyl (C=O) groups excluding carboxylic acids is 1. The standard InChI is InChI=1S/C15H26O6/c1-6-20-15(4,5)21-12-10-18-8-7-17-9-11-19-14(16)13(2)3/h6H,1-2,7-12H2,3-5H3. The molecule has 0 saturated heterocycles. The maximum atomic E-state index is 11.0. The van der Waals surface area contributed by atoms with Gasteiger partial charge in [-0.15, -0.1) is 0 Å². The minimum atomic E-state index is -0.700. The van der Waals surface area contributed by atoms with E-state index < -0.39 is 11.8 Å². The van der Waals surface area contributed by atoms with Gasteiger partial charge in [0.05, 0.1) is 39.3 Å². The summed E-state index contributed by atoms with van der Waals surface area (Å²) in [6, 6.07) is 0. The molecule has 0 bridgehead atoms. The summed E-state index contributed by atoms with van der Waals surface area (Å²) in [7, 11) is 0. The summed E-state index contributed by atoms with van der Waals surface area (Å²) >= 11 is 0. The van der Waals surface area contributed by atoms with Crippen LogP contribution in [-0.4, -0.2) is 51.4 Å². The van der Waals surface area contributed by atoms with Crippen molar-refractivity contribution in [3.8, 4) is 0 Å². The van der Waals surface area contributed by atoms with E-state index >= 15 is 0 Å². The van der Waals surface area contributed by atoms with Gasteiger partial charge in [-0.1, -0.05) is 13.2 Å². The maximum absolute atomic E-state index is 11.0. The van der Waals surface area contributed by atoms with Gasteiger partial charge in [-0.3, -0.25) is 0 Å². The zero-order valence-electron chi connectivity index (χ0n) is 13.2. The maximum Gasteiger partial charge on any atom is 0.333 e. The van der Waals surface area contributed by atoms with E-state index in [9.17, 15) is 4.79 Å². The normalized spacial score (nSPS) is 11.0. The molecule has 0 amide bonds. The number of hydrogen-bond acceptors (Lipinski definition) is 6. The van der Waals surface area contributed by atoms with Crippen molar-refractivity contribution < 1.29 is 28.5 Å². The van der Waals surface area contributed by atoms with E-state index in [1.54, 1.807) is 20.8 Å². The molecular weight excluding hydrogens is 276 g/mol. The van der Waals surface area contributed by atoms with Crippen molar-refractivity contribution in [1.82, 2.24) is 0 Å². The van der Waals surface area contributed by atoms with Gasteiger partial charge in [-0.2, -0.15) is 0 Å². The van der Waals surface area contributed by atoms with Crippen molar-refractivity contribution >= 4 is 5.97 Å². The van der Waals surface area contributed by atoms with Crippen LogP contribution in [0.1, 0.15) is 20.8 Å². The Morgan fingerprint density at radius 1 is 1.05 bits per heavy atom. The SMILES string of the molecule is C=COC(C)(C)OCCOCCOCCOC(=O)C(=C)C. The van der Waals surface area contributed by atoms with E-state index in [2.05, 4.69) is 13.2 Å². The van der Waals surface area contributed by atoms with Crippen LogP contribution in [-0.2, 0) is 28.5 Å². The number of ether oxygens (including phenoxy) is 5. The molecule has 0 aromatic carbocycles. The van der Waals surface area contributed by atoms with Crippen LogP contribution in [0.3, 0.4) is 0 Å². The second-order valence-corrected chi connectivity index (χ2v) is 4.67. The highest BCUT2D eigenvalue weighted by Crippen LogP contribution is 2.10. The van der Waals surface area contributed by atoms with Gasteiger partial charge in [0.1, 0.15) is 6.61 Å². The highest BCUT2D eigenvalue weighted by atomic mass is 16.7. The molecule has 0 unspecified atom stereocenters. The lowest BCUT2D eigenvalue weighted by atomic mass is 10.4. The molecule has 122 valence electrons. The van der Waals surface area contributed by atoms with Crippen LogP contribution in [0.25, 0.3) is 0 Å². The quantitative estimate of drug-likeness (QED) is 0.171. The first-order valence-electron chi connectivity index (χ1n) is 6.80. The summed E-state index contributed by atoms with van der Waals surface area (Å²) in [6.07, 6.45) is 1.34. The number of carbonyl (C=O) groups is 1. The molecule has 0 rings (SSSR count). The van der Waals surface area contributed by atoms with Gasteiger partial charge in [-0.05, 0) is 6.92 Å². The van der Waals surface area contributed by atoms with Gasteiger partial charge >= 0.3 is 5.97 Å². The van der Waals surface area contributed by atoms with E-state index in [4.69, 9.17) is 23.7 Å². The molecule has 0 atom stereocenters. The third-order valence-corrected chi connectivity index (χ3v) is 2.23. The van der Waals surface area contributed by atoms with Crippen LogP contribution < -0.4 is 0 Å². The Morgan fingerprint density at radius 2 is 1.57 bits per heavy atom. The molecule has 0 aliphatic carbocycles. The molecule has 0 saturated carbocycles. The Hall–Kier alpha value is -1.37. The zero-order valence-corrected chi connectivity index (χ0v) is 13.2. The summed E-state index contributed by atoms with van der Waals surface area (Å²) in [5.74, 6) is -1.11. The lowest BCUT2D eigenvalue weighted by molar-refractivity contribution is -0.188. The zero-order chi connectivity index (χ0) is 16.1. The average Bonchev–Trinajstić information content (AvgIpc) is 2.40. The van der Waals surface area contributed by atoms with Gasteiger partial charge in [0.25, 0.3) is 0 Å². The summed E-state index contributed by atoms with van der Waals surface area (Å²) in [5, 5.41) is 0. The van der Waals surface area contributed by atoms with Crippen molar-refractivity contribution in [3.05, 3.63) is 25.0 Å². The van der Waals surface area contributed by atoms with Crippen molar-refractivity contribution in [1.29, 1.82) is 0 Å². The predicted molar refractivity (Wildman–Crippen MR) is 78.7 cm³/mol. The fourth-order valence-corrected chi connectivity index (χ4v) is 1.22. The highest BCUT2D eigenvalue weighted by molar-refractivity contribution is 5.86. The molecule has 0 N–H and O–H groups in total.